The zero-order valence-corrected chi connectivity index (χ0v) is 16.6. The Kier molecular flexibility index (Phi) is 5.54. The molecule has 0 saturated heterocycles. The highest BCUT2D eigenvalue weighted by Gasteiger charge is 2.22. The van der Waals surface area contributed by atoms with Crippen molar-refractivity contribution in [2.75, 3.05) is 11.1 Å². The summed E-state index contributed by atoms with van der Waals surface area (Å²) < 4.78 is 7.14. The highest BCUT2D eigenvalue weighted by molar-refractivity contribution is 6.07. The Morgan fingerprint density at radius 1 is 1.03 bits per heavy atom. The lowest BCUT2D eigenvalue weighted by Crippen LogP contribution is -2.40. The average Bonchev–Trinajstić information content (AvgIpc) is 2.71. The molecule has 1 heterocycles. The summed E-state index contributed by atoms with van der Waals surface area (Å²) >= 11 is 0. The van der Waals surface area contributed by atoms with Crippen LogP contribution in [0.5, 0.6) is 5.75 Å². The third-order valence-corrected chi connectivity index (χ3v) is 4.45. The van der Waals surface area contributed by atoms with E-state index in [9.17, 15) is 19.2 Å². The Morgan fingerprint density at radius 2 is 1.70 bits per heavy atom. The third-order valence-electron chi connectivity index (χ3n) is 4.45. The van der Waals surface area contributed by atoms with Gasteiger partial charge in [0.05, 0.1) is 11.3 Å². The molecule has 3 aromatic rings. The van der Waals surface area contributed by atoms with Crippen molar-refractivity contribution in [3.8, 4) is 11.4 Å². The number of nitrogens with zero attached hydrogens (tertiary/aromatic N) is 2. The van der Waals surface area contributed by atoms with E-state index in [1.54, 1.807) is 49.4 Å². The lowest BCUT2D eigenvalue weighted by molar-refractivity contribution is -0.131. The zero-order chi connectivity index (χ0) is 22.0. The van der Waals surface area contributed by atoms with Crippen LogP contribution in [-0.4, -0.2) is 21.0 Å². The second-order valence-electron chi connectivity index (χ2n) is 6.58. The normalized spacial score (nSPS) is 10.5. The largest absolute Gasteiger partial charge is 0.426 e. The average molecular weight is 408 g/mol. The second kappa shape index (κ2) is 8.08. The molecule has 0 radical (unpaired) electrons. The molecule has 0 bridgehead atoms. The summed E-state index contributed by atoms with van der Waals surface area (Å²) in [7, 11) is 1.29. The molecule has 2 aromatic carbocycles. The molecule has 0 unspecified atom stereocenters. The number of nitrogen functional groups attached to an aromatic ring is 1. The fraction of sp³-hybridized carbons (Fsp3) is 0.143. The van der Waals surface area contributed by atoms with Gasteiger partial charge in [0.25, 0.3) is 11.5 Å². The molecule has 30 heavy (non-hydrogen) atoms. The van der Waals surface area contributed by atoms with Gasteiger partial charge < -0.3 is 15.8 Å². The number of amides is 1. The van der Waals surface area contributed by atoms with Gasteiger partial charge in [-0.05, 0) is 30.7 Å². The van der Waals surface area contributed by atoms with Crippen LogP contribution in [0.4, 0.5) is 11.5 Å². The van der Waals surface area contributed by atoms with Crippen LogP contribution >= 0.6 is 0 Å². The predicted molar refractivity (Wildman–Crippen MR) is 112 cm³/mol. The van der Waals surface area contributed by atoms with Crippen LogP contribution in [0.25, 0.3) is 5.69 Å². The van der Waals surface area contributed by atoms with Crippen LogP contribution in [0.3, 0.4) is 0 Å². The summed E-state index contributed by atoms with van der Waals surface area (Å²) in [6, 6.07) is 13.2. The van der Waals surface area contributed by atoms with E-state index >= 15 is 0 Å². The number of hydrogen-bond donors (Lipinski definition) is 2. The number of carbonyl (C=O) groups is 2. The molecule has 3 N–H and O–H groups in total. The van der Waals surface area contributed by atoms with Crippen LogP contribution < -0.4 is 27.0 Å². The molecule has 1 amide bonds. The van der Waals surface area contributed by atoms with Gasteiger partial charge in [0.1, 0.15) is 17.3 Å². The van der Waals surface area contributed by atoms with Crippen molar-refractivity contribution in [2.45, 2.75) is 13.8 Å². The maximum atomic E-state index is 12.9. The highest BCUT2D eigenvalue weighted by Crippen LogP contribution is 2.25. The Balaban J connectivity index is 2.13. The number of rotatable bonds is 4. The van der Waals surface area contributed by atoms with Crippen molar-refractivity contribution in [1.29, 1.82) is 0 Å². The maximum Gasteiger partial charge on any atom is 0.337 e. The van der Waals surface area contributed by atoms with Gasteiger partial charge >= 0.3 is 11.7 Å². The van der Waals surface area contributed by atoms with Gasteiger partial charge in [0.15, 0.2) is 0 Å². The van der Waals surface area contributed by atoms with Crippen molar-refractivity contribution >= 4 is 23.4 Å². The molecule has 0 saturated carbocycles. The molecule has 1 aromatic heterocycles. The molecule has 0 aliphatic carbocycles. The van der Waals surface area contributed by atoms with Gasteiger partial charge in [-0.2, -0.15) is 0 Å². The lowest BCUT2D eigenvalue weighted by Gasteiger charge is -2.16. The minimum absolute atomic E-state index is 0.0455. The van der Waals surface area contributed by atoms with Crippen molar-refractivity contribution in [3.63, 3.8) is 0 Å². The quantitative estimate of drug-likeness (QED) is 0.499. The molecule has 0 aliphatic rings. The third kappa shape index (κ3) is 3.72. The Morgan fingerprint density at radius 3 is 2.33 bits per heavy atom. The van der Waals surface area contributed by atoms with Crippen LogP contribution in [-0.2, 0) is 11.8 Å². The van der Waals surface area contributed by atoms with Gasteiger partial charge in [0.2, 0.25) is 0 Å². The number of nitrogens with one attached hydrogen (secondary N) is 1. The first-order valence-electron chi connectivity index (χ1n) is 8.98. The van der Waals surface area contributed by atoms with Gasteiger partial charge in [-0.3, -0.25) is 19.0 Å². The zero-order valence-electron chi connectivity index (χ0n) is 16.6. The Labute approximate surface area is 171 Å². The van der Waals surface area contributed by atoms with Gasteiger partial charge in [-0.25, -0.2) is 9.36 Å². The van der Waals surface area contributed by atoms with E-state index in [0.29, 0.717) is 11.3 Å². The smallest absolute Gasteiger partial charge is 0.337 e. The predicted octanol–water partition coefficient (Wildman–Crippen LogP) is 1.60. The first-order valence-corrected chi connectivity index (χ1v) is 8.98. The Hall–Kier alpha value is -4.14. The minimum atomic E-state index is -0.764. The summed E-state index contributed by atoms with van der Waals surface area (Å²) in [5.74, 6) is -1.44. The Bertz CT molecular complexity index is 1260. The number of para-hydroxylation sites is 2. The monoisotopic (exact) mass is 408 g/mol. The van der Waals surface area contributed by atoms with E-state index < -0.39 is 23.1 Å². The molecule has 154 valence electrons. The molecule has 0 fully saturated rings. The lowest BCUT2D eigenvalue weighted by atomic mass is 10.1. The van der Waals surface area contributed by atoms with E-state index in [-0.39, 0.29) is 22.8 Å². The number of hydrogen-bond acceptors (Lipinski definition) is 6. The second-order valence-corrected chi connectivity index (χ2v) is 6.58. The number of nitrogens with two attached hydrogens (primary N) is 1. The number of esters is 1. The summed E-state index contributed by atoms with van der Waals surface area (Å²) in [4.78, 5) is 49.6. The standard InChI is InChI=1S/C21H20N4O5/c1-12-8-7-11-15(17(12)30-13(2)26)19(27)23-16-18(22)25(14-9-5-4-6-10-14)21(29)24(3)20(16)28/h4-11H,22H2,1-3H3,(H,23,27). The van der Waals surface area contributed by atoms with Crippen LogP contribution in [0.2, 0.25) is 0 Å². The first kappa shape index (κ1) is 20.6. The van der Waals surface area contributed by atoms with E-state index in [1.807, 2.05) is 0 Å². The number of aromatic nitrogens is 2. The number of aryl methyl sites for hydroxylation is 1. The maximum absolute atomic E-state index is 12.9. The number of carbonyl (C=O) groups excluding carboxylic acids is 2. The fourth-order valence-corrected chi connectivity index (χ4v) is 2.96. The molecule has 0 aliphatic heterocycles. The molecule has 0 atom stereocenters. The van der Waals surface area contributed by atoms with Crippen molar-refractivity contribution in [1.82, 2.24) is 9.13 Å². The van der Waals surface area contributed by atoms with Gasteiger partial charge in [-0.15, -0.1) is 0 Å². The van der Waals surface area contributed by atoms with Crippen molar-refractivity contribution in [2.24, 2.45) is 7.05 Å². The van der Waals surface area contributed by atoms with E-state index in [1.165, 1.54) is 20.0 Å². The van der Waals surface area contributed by atoms with Gasteiger partial charge in [-0.1, -0.05) is 30.3 Å². The van der Waals surface area contributed by atoms with E-state index in [4.69, 9.17) is 10.5 Å². The van der Waals surface area contributed by atoms with E-state index in [0.717, 1.165) is 9.13 Å². The molecule has 0 spiro atoms. The number of benzene rings is 2. The molecular formula is C21H20N4O5. The van der Waals surface area contributed by atoms with Gasteiger partial charge in [0, 0.05) is 14.0 Å². The van der Waals surface area contributed by atoms with Crippen LogP contribution in [0.1, 0.15) is 22.8 Å². The first-order chi connectivity index (χ1) is 14.2. The van der Waals surface area contributed by atoms with Crippen molar-refractivity contribution < 1.29 is 14.3 Å². The summed E-state index contributed by atoms with van der Waals surface area (Å²) in [6.07, 6.45) is 0. The fourth-order valence-electron chi connectivity index (χ4n) is 2.96. The molecule has 3 rings (SSSR count). The van der Waals surface area contributed by atoms with Crippen LogP contribution in [0.15, 0.2) is 58.1 Å². The number of anilines is 2. The van der Waals surface area contributed by atoms with Crippen molar-refractivity contribution in [3.05, 3.63) is 80.5 Å². The molecular weight excluding hydrogens is 388 g/mol. The minimum Gasteiger partial charge on any atom is -0.426 e. The SMILES string of the molecule is CC(=O)Oc1c(C)cccc1C(=O)Nc1c(N)n(-c2ccccc2)c(=O)n(C)c1=O. The number of ether oxygens (including phenoxy) is 1. The van der Waals surface area contributed by atoms with E-state index in [2.05, 4.69) is 5.32 Å². The molecule has 9 heteroatoms. The highest BCUT2D eigenvalue weighted by atomic mass is 16.5. The molecule has 9 nitrogen and oxygen atoms in total. The topological polar surface area (TPSA) is 125 Å². The van der Waals surface area contributed by atoms with Crippen LogP contribution in [0, 0.1) is 6.92 Å². The summed E-state index contributed by atoms with van der Waals surface area (Å²) in [5.41, 5.74) is 5.47. The summed E-state index contributed by atoms with van der Waals surface area (Å²) in [6.45, 7) is 2.90. The summed E-state index contributed by atoms with van der Waals surface area (Å²) in [5, 5.41) is 2.47.